The first kappa shape index (κ1) is 35.9. The highest BCUT2D eigenvalue weighted by Gasteiger charge is 2.18. The Morgan fingerprint density at radius 3 is 1.02 bits per heavy atom. The maximum Gasteiger partial charge on any atom is 0.227 e. The average molecular weight is 780 g/mol. The van der Waals surface area contributed by atoms with E-state index < -0.39 is 0 Å². The zero-order valence-corrected chi connectivity index (χ0v) is 33.1. The van der Waals surface area contributed by atoms with Gasteiger partial charge in [0.15, 0.2) is 5.58 Å². The Morgan fingerprint density at radius 1 is 0.246 bits per heavy atom. The van der Waals surface area contributed by atoms with Crippen LogP contribution < -0.4 is 0 Å². The molecule has 0 fully saturated rings. The molecule has 4 nitrogen and oxygen atoms in total. The molecular formula is C57H37N3O. The van der Waals surface area contributed by atoms with E-state index in [-0.39, 0.29) is 0 Å². The van der Waals surface area contributed by atoms with Crippen LogP contribution in [0.4, 0.5) is 0 Å². The van der Waals surface area contributed by atoms with Crippen molar-refractivity contribution < 1.29 is 4.42 Å². The molecule has 0 saturated carbocycles. The molecule has 0 aliphatic heterocycles. The number of fused-ring (bicyclic) bond motifs is 2. The Kier molecular flexibility index (Phi) is 9.14. The van der Waals surface area contributed by atoms with Crippen molar-refractivity contribution in [3.8, 4) is 89.6 Å². The van der Waals surface area contributed by atoms with Crippen molar-refractivity contribution in [2.24, 2.45) is 0 Å². The summed E-state index contributed by atoms with van der Waals surface area (Å²) in [7, 11) is 0. The van der Waals surface area contributed by atoms with Gasteiger partial charge in [-0.25, -0.2) is 15.0 Å². The summed E-state index contributed by atoms with van der Waals surface area (Å²) in [6.07, 6.45) is 0. The van der Waals surface area contributed by atoms with E-state index in [1.165, 1.54) is 22.3 Å². The summed E-state index contributed by atoms with van der Waals surface area (Å²) in [6.45, 7) is 0. The topological polar surface area (TPSA) is 51.8 Å². The van der Waals surface area contributed by atoms with E-state index >= 15 is 0 Å². The first-order valence-electron chi connectivity index (χ1n) is 20.5. The minimum Gasteiger partial charge on any atom is -0.436 e. The number of rotatable bonds is 8. The molecule has 2 heterocycles. The summed E-state index contributed by atoms with van der Waals surface area (Å²) in [5, 5.41) is 0. The fraction of sp³-hybridized carbons (Fsp3) is 0. The third-order valence-corrected chi connectivity index (χ3v) is 11.4. The number of oxazole rings is 1. The molecule has 11 rings (SSSR count). The van der Waals surface area contributed by atoms with Crippen LogP contribution >= 0.6 is 0 Å². The molecule has 0 saturated heterocycles. The predicted octanol–water partition coefficient (Wildman–Crippen LogP) is 15.1. The van der Waals surface area contributed by atoms with Gasteiger partial charge in [0.2, 0.25) is 5.89 Å². The van der Waals surface area contributed by atoms with E-state index in [0.29, 0.717) is 5.89 Å². The largest absolute Gasteiger partial charge is 0.436 e. The second kappa shape index (κ2) is 15.5. The highest BCUT2D eigenvalue weighted by molar-refractivity contribution is 5.96. The van der Waals surface area contributed by atoms with Gasteiger partial charge in [0.05, 0.1) is 22.4 Å². The number of nitrogens with zero attached hydrogens (tertiary/aromatic N) is 3. The van der Waals surface area contributed by atoms with Crippen LogP contribution in [0.1, 0.15) is 0 Å². The molecule has 0 atom stereocenters. The summed E-state index contributed by atoms with van der Waals surface area (Å²) in [4.78, 5) is 15.5. The molecule has 0 aliphatic rings. The molecule has 0 aliphatic carbocycles. The van der Waals surface area contributed by atoms with Gasteiger partial charge in [0, 0.05) is 16.7 Å². The zero-order valence-electron chi connectivity index (χ0n) is 33.1. The van der Waals surface area contributed by atoms with Crippen molar-refractivity contribution >= 4 is 22.1 Å². The quantitative estimate of drug-likeness (QED) is 0.154. The van der Waals surface area contributed by atoms with Crippen molar-refractivity contribution in [2.75, 3.05) is 0 Å². The Morgan fingerprint density at radius 2 is 0.574 bits per heavy atom. The molecule has 286 valence electrons. The van der Waals surface area contributed by atoms with E-state index in [1.807, 2.05) is 30.3 Å². The van der Waals surface area contributed by atoms with Crippen molar-refractivity contribution in [3.63, 3.8) is 0 Å². The molecule has 0 radical (unpaired) electrons. The summed E-state index contributed by atoms with van der Waals surface area (Å²) in [5.74, 6) is 0.617. The van der Waals surface area contributed by atoms with Gasteiger partial charge in [-0.2, -0.15) is 0 Å². The third-order valence-electron chi connectivity index (χ3n) is 11.4. The second-order valence-electron chi connectivity index (χ2n) is 15.2. The first-order chi connectivity index (χ1) is 30.2. The van der Waals surface area contributed by atoms with Crippen LogP contribution in [0.2, 0.25) is 0 Å². The minimum absolute atomic E-state index is 0.617. The fourth-order valence-corrected chi connectivity index (χ4v) is 8.15. The average Bonchev–Trinajstić information content (AvgIpc) is 3.79. The van der Waals surface area contributed by atoms with Gasteiger partial charge in [0.25, 0.3) is 0 Å². The van der Waals surface area contributed by atoms with Crippen LogP contribution in [0.15, 0.2) is 229 Å². The maximum absolute atomic E-state index is 6.02. The summed E-state index contributed by atoms with van der Waals surface area (Å²) >= 11 is 0. The Bertz CT molecular complexity index is 3250. The zero-order chi connectivity index (χ0) is 40.5. The van der Waals surface area contributed by atoms with Gasteiger partial charge >= 0.3 is 0 Å². The highest BCUT2D eigenvalue weighted by Crippen LogP contribution is 2.40. The molecule has 0 N–H and O–H groups in total. The Balaban J connectivity index is 1.01. The third kappa shape index (κ3) is 7.07. The number of benzene rings is 9. The molecule has 4 heteroatoms. The van der Waals surface area contributed by atoms with Crippen LogP contribution in [0, 0.1) is 0 Å². The molecule has 0 bridgehead atoms. The number of hydrogen-bond donors (Lipinski definition) is 0. The van der Waals surface area contributed by atoms with Crippen molar-refractivity contribution in [1.82, 2.24) is 15.0 Å². The van der Waals surface area contributed by atoms with Crippen LogP contribution in [0.25, 0.3) is 112 Å². The minimum atomic E-state index is 0.617. The molecule has 11 aromatic rings. The van der Waals surface area contributed by atoms with Crippen molar-refractivity contribution in [3.05, 3.63) is 224 Å². The van der Waals surface area contributed by atoms with Gasteiger partial charge in [-0.1, -0.05) is 188 Å². The molecule has 0 amide bonds. The SMILES string of the molecule is c1ccc(-c2ccc(-c3cc4nc(-c5ccccc5)c(-c5ccc(-c6ccc(-c7nc8ccccc8o7)cc6)cc5)nc4cc3-c3ccc(-c4ccccc4)cc3)cc2)cc1. The first-order valence-corrected chi connectivity index (χ1v) is 20.5. The monoisotopic (exact) mass is 779 g/mol. The van der Waals surface area contributed by atoms with Crippen LogP contribution in [0.3, 0.4) is 0 Å². The fourth-order valence-electron chi connectivity index (χ4n) is 8.15. The highest BCUT2D eigenvalue weighted by atomic mass is 16.3. The smallest absolute Gasteiger partial charge is 0.227 e. The van der Waals surface area contributed by atoms with E-state index in [0.717, 1.165) is 83.6 Å². The molecule has 9 aromatic carbocycles. The van der Waals surface area contributed by atoms with Gasteiger partial charge in [-0.15, -0.1) is 0 Å². The normalized spacial score (nSPS) is 11.3. The lowest BCUT2D eigenvalue weighted by atomic mass is 9.91. The van der Waals surface area contributed by atoms with Crippen LogP contribution in [-0.2, 0) is 0 Å². The van der Waals surface area contributed by atoms with Gasteiger partial charge in [-0.3, -0.25) is 0 Å². The van der Waals surface area contributed by atoms with E-state index in [1.54, 1.807) is 0 Å². The number of para-hydroxylation sites is 2. The molecule has 2 aromatic heterocycles. The van der Waals surface area contributed by atoms with Gasteiger partial charge in [0.1, 0.15) is 5.52 Å². The standard InChI is InChI=1S/C57H37N3O/c1-4-12-38(13-5-1)40-20-28-44(29-21-40)49-36-52-53(37-50(49)45-30-22-41(23-31-45)39-14-6-2-7-15-39)59-56(55(58-52)46-16-8-3-9-17-46)47-32-24-42(25-33-47)43-26-34-48(35-27-43)57-60-51-18-10-11-19-54(51)61-57/h1-37H. The Labute approximate surface area is 354 Å². The van der Waals surface area contributed by atoms with Crippen LogP contribution in [0.5, 0.6) is 0 Å². The summed E-state index contributed by atoms with van der Waals surface area (Å²) in [5.41, 5.74) is 19.3. The lowest BCUT2D eigenvalue weighted by Gasteiger charge is -2.16. The molecule has 0 unspecified atom stereocenters. The van der Waals surface area contributed by atoms with Gasteiger partial charge in [-0.05, 0) is 92.0 Å². The maximum atomic E-state index is 6.02. The number of aromatic nitrogens is 3. The predicted molar refractivity (Wildman–Crippen MR) is 251 cm³/mol. The van der Waals surface area contributed by atoms with Crippen LogP contribution in [-0.4, -0.2) is 15.0 Å². The molecule has 0 spiro atoms. The molecule has 61 heavy (non-hydrogen) atoms. The lowest BCUT2D eigenvalue weighted by Crippen LogP contribution is -1.97. The van der Waals surface area contributed by atoms with E-state index in [9.17, 15) is 0 Å². The van der Waals surface area contributed by atoms with Crippen molar-refractivity contribution in [2.45, 2.75) is 0 Å². The lowest BCUT2D eigenvalue weighted by molar-refractivity contribution is 0.620. The number of hydrogen-bond acceptors (Lipinski definition) is 4. The van der Waals surface area contributed by atoms with Gasteiger partial charge < -0.3 is 4.42 Å². The van der Waals surface area contributed by atoms with E-state index in [2.05, 4.69) is 199 Å². The molecular weight excluding hydrogens is 743 g/mol. The second-order valence-corrected chi connectivity index (χ2v) is 15.2. The summed E-state index contributed by atoms with van der Waals surface area (Å²) < 4.78 is 6.02. The Hall–Kier alpha value is -8.21. The van der Waals surface area contributed by atoms with E-state index in [4.69, 9.17) is 14.4 Å². The van der Waals surface area contributed by atoms with Crippen molar-refractivity contribution in [1.29, 1.82) is 0 Å². The summed E-state index contributed by atoms with van der Waals surface area (Å²) in [6, 6.07) is 78.3.